The molecule has 3 aromatic rings. The average molecular weight is 488 g/mol. The summed E-state index contributed by atoms with van der Waals surface area (Å²) >= 11 is 0. The van der Waals surface area contributed by atoms with Crippen LogP contribution >= 0.6 is 0 Å². The third kappa shape index (κ3) is 4.93. The lowest BCUT2D eigenvalue weighted by molar-refractivity contribution is -0.122. The van der Waals surface area contributed by atoms with Crippen LogP contribution in [0.5, 0.6) is 11.5 Å². The van der Waals surface area contributed by atoms with Crippen LogP contribution in [0.4, 0.5) is 5.69 Å². The smallest absolute Gasteiger partial charge is 0.235 e. The van der Waals surface area contributed by atoms with E-state index in [1.54, 1.807) is 0 Å². The second-order valence-corrected chi connectivity index (χ2v) is 9.85. The van der Waals surface area contributed by atoms with Gasteiger partial charge in [0.2, 0.25) is 18.6 Å². The molecule has 1 fully saturated rings. The second-order valence-electron chi connectivity index (χ2n) is 9.85. The van der Waals surface area contributed by atoms with E-state index in [2.05, 4.69) is 29.7 Å². The van der Waals surface area contributed by atoms with Crippen molar-refractivity contribution in [2.75, 3.05) is 32.7 Å². The van der Waals surface area contributed by atoms with Crippen molar-refractivity contribution in [2.24, 2.45) is 0 Å². The molecule has 0 unspecified atom stereocenters. The Kier molecular flexibility index (Phi) is 6.41. The van der Waals surface area contributed by atoms with E-state index >= 15 is 0 Å². The molecule has 1 aliphatic carbocycles. The molecule has 0 spiro atoms. The summed E-state index contributed by atoms with van der Waals surface area (Å²) < 4.78 is 10.9. The van der Waals surface area contributed by atoms with E-state index < -0.39 is 5.41 Å². The quantitative estimate of drug-likeness (QED) is 0.490. The van der Waals surface area contributed by atoms with Crippen LogP contribution in [0, 0.1) is 6.92 Å². The number of ether oxygens (including phenoxy) is 2. The number of benzene rings is 3. The van der Waals surface area contributed by atoms with Gasteiger partial charge in [-0.1, -0.05) is 36.4 Å². The number of anilines is 1. The van der Waals surface area contributed by atoms with Crippen molar-refractivity contribution in [1.82, 2.24) is 10.2 Å². The molecule has 1 heterocycles. The Balaban J connectivity index is 0.00000320. The maximum atomic E-state index is 13.3. The highest BCUT2D eigenvalue weighted by molar-refractivity contribution is 6.02. The van der Waals surface area contributed by atoms with Gasteiger partial charge >= 0.3 is 0 Å². The lowest BCUT2D eigenvalue weighted by atomic mass is 9.94. The molecule has 5 rings (SSSR count). The molecule has 0 bridgehead atoms. The second kappa shape index (κ2) is 9.66. The third-order valence-electron chi connectivity index (χ3n) is 6.82. The number of likely N-dealkylation sites (N-methyl/N-ethyl adjacent to an activating group) is 1. The zero-order chi connectivity index (χ0) is 25.3. The first-order valence-electron chi connectivity index (χ1n) is 12.2. The number of carbonyl (C=O) groups is 2. The zero-order valence-corrected chi connectivity index (χ0v) is 20.9. The molecule has 0 radical (unpaired) electrons. The average Bonchev–Trinajstić information content (AvgIpc) is 3.54. The first kappa shape index (κ1) is 23.9. The van der Waals surface area contributed by atoms with Gasteiger partial charge in [-0.2, -0.15) is 0 Å². The summed E-state index contributed by atoms with van der Waals surface area (Å²) in [6.45, 7) is 3.14. The van der Waals surface area contributed by atoms with Crippen LogP contribution in [0.25, 0.3) is 11.1 Å². The van der Waals surface area contributed by atoms with Crippen molar-refractivity contribution >= 4 is 17.5 Å². The van der Waals surface area contributed by atoms with Crippen molar-refractivity contribution in [3.63, 3.8) is 0 Å². The number of fused-ring (bicyclic) bond motifs is 1. The molecule has 0 atom stereocenters. The molecule has 1 saturated carbocycles. The normalized spacial score (nSPS) is 15.0. The van der Waals surface area contributed by atoms with Crippen LogP contribution in [-0.4, -0.2) is 44.1 Å². The Morgan fingerprint density at radius 2 is 1.72 bits per heavy atom. The molecule has 7 heteroatoms. The topological polar surface area (TPSA) is 79.9 Å². The highest BCUT2D eigenvalue weighted by atomic mass is 16.7. The fourth-order valence-corrected chi connectivity index (χ4v) is 4.57. The van der Waals surface area contributed by atoms with Crippen LogP contribution in [0.2, 0.25) is 0 Å². The maximum absolute atomic E-state index is 13.3. The van der Waals surface area contributed by atoms with Gasteiger partial charge in [0.05, 0.1) is 12.0 Å². The molecule has 0 aromatic heterocycles. The van der Waals surface area contributed by atoms with E-state index in [0.717, 1.165) is 52.1 Å². The van der Waals surface area contributed by atoms with Gasteiger partial charge in [-0.25, -0.2) is 0 Å². The van der Waals surface area contributed by atoms with Gasteiger partial charge in [0.25, 0.3) is 0 Å². The fourth-order valence-electron chi connectivity index (χ4n) is 4.57. The minimum absolute atomic E-state index is 0. The molecule has 3 aromatic carbocycles. The summed E-state index contributed by atoms with van der Waals surface area (Å²) in [6, 6.07) is 19.9. The number of nitrogens with one attached hydrogen (secondary N) is 2. The summed E-state index contributed by atoms with van der Waals surface area (Å²) in [5.41, 5.74) is 5.49. The summed E-state index contributed by atoms with van der Waals surface area (Å²) in [5.74, 6) is 1.42. The Hall–Kier alpha value is -3.84. The molecule has 1 aliphatic heterocycles. The molecule has 2 aliphatic rings. The van der Waals surface area contributed by atoms with E-state index in [1.807, 2.05) is 67.5 Å². The standard InChI is InChI=1S/C29H31N3O4.H2/c1-19-4-10-23(15-24(19)21-7-5-20(6-8-21)16-30-27(33)17-32(2)3)31-28(34)29(12-13-29)22-9-11-25-26(14-22)36-18-35-25;/h4-11,14-15H,12-13,16-18H2,1-3H3,(H,30,33)(H,31,34);1H. The summed E-state index contributed by atoms with van der Waals surface area (Å²) in [4.78, 5) is 27.1. The lowest BCUT2D eigenvalue weighted by Gasteiger charge is -2.17. The highest BCUT2D eigenvalue weighted by Gasteiger charge is 2.51. The van der Waals surface area contributed by atoms with Gasteiger partial charge in [-0.15, -0.1) is 0 Å². The molecule has 2 amide bonds. The Labute approximate surface area is 212 Å². The minimum atomic E-state index is -0.523. The predicted molar refractivity (Wildman–Crippen MR) is 141 cm³/mol. The zero-order valence-electron chi connectivity index (χ0n) is 20.9. The maximum Gasteiger partial charge on any atom is 0.235 e. The molecule has 188 valence electrons. The highest BCUT2D eigenvalue weighted by Crippen LogP contribution is 2.51. The summed E-state index contributed by atoms with van der Waals surface area (Å²) in [7, 11) is 3.74. The molecule has 36 heavy (non-hydrogen) atoms. The lowest BCUT2D eigenvalue weighted by Crippen LogP contribution is -2.32. The van der Waals surface area contributed by atoms with E-state index in [1.165, 1.54) is 0 Å². The van der Waals surface area contributed by atoms with E-state index in [-0.39, 0.29) is 20.0 Å². The number of carbonyl (C=O) groups excluding carboxylic acids is 2. The third-order valence-corrected chi connectivity index (χ3v) is 6.82. The van der Waals surface area contributed by atoms with E-state index in [4.69, 9.17) is 9.47 Å². The van der Waals surface area contributed by atoms with E-state index in [0.29, 0.717) is 18.8 Å². The first-order chi connectivity index (χ1) is 17.3. The molecular weight excluding hydrogens is 454 g/mol. The van der Waals surface area contributed by atoms with Crippen LogP contribution < -0.4 is 20.1 Å². The molecule has 2 N–H and O–H groups in total. The number of rotatable bonds is 8. The number of nitrogens with zero attached hydrogens (tertiary/aromatic N) is 1. The Bertz CT molecular complexity index is 1300. The van der Waals surface area contributed by atoms with Gasteiger partial charge in [-0.05, 0) is 85.9 Å². The molecular formula is C29H33N3O4. The summed E-state index contributed by atoms with van der Waals surface area (Å²) in [5, 5.41) is 6.08. The van der Waals surface area contributed by atoms with Crippen LogP contribution in [0.15, 0.2) is 60.7 Å². The van der Waals surface area contributed by atoms with Crippen molar-refractivity contribution < 1.29 is 20.5 Å². The Morgan fingerprint density at radius 1 is 0.972 bits per heavy atom. The molecule has 7 nitrogen and oxygen atoms in total. The van der Waals surface area contributed by atoms with Crippen molar-refractivity contribution in [1.29, 1.82) is 0 Å². The van der Waals surface area contributed by atoms with Crippen LogP contribution in [0.1, 0.15) is 31.0 Å². The molecule has 0 saturated heterocycles. The van der Waals surface area contributed by atoms with Crippen molar-refractivity contribution in [3.05, 3.63) is 77.4 Å². The van der Waals surface area contributed by atoms with Gasteiger partial charge < -0.3 is 25.0 Å². The summed E-state index contributed by atoms with van der Waals surface area (Å²) in [6.07, 6.45) is 1.62. The fraction of sp³-hybridized carbons (Fsp3) is 0.310. The van der Waals surface area contributed by atoms with Gasteiger partial charge in [-0.3, -0.25) is 9.59 Å². The van der Waals surface area contributed by atoms with Gasteiger partial charge in [0.15, 0.2) is 11.5 Å². The van der Waals surface area contributed by atoms with E-state index in [9.17, 15) is 9.59 Å². The SMILES string of the molecule is Cc1ccc(NC(=O)C2(c3ccc4c(c3)OCO4)CC2)cc1-c1ccc(CNC(=O)CN(C)C)cc1.[HH]. The van der Waals surface area contributed by atoms with Gasteiger partial charge in [0, 0.05) is 13.7 Å². The van der Waals surface area contributed by atoms with Gasteiger partial charge in [0.1, 0.15) is 0 Å². The monoisotopic (exact) mass is 487 g/mol. The largest absolute Gasteiger partial charge is 0.454 e. The van der Waals surface area contributed by atoms with Crippen molar-refractivity contribution in [3.8, 4) is 22.6 Å². The predicted octanol–water partition coefficient (Wildman–Crippen LogP) is 4.48. The van der Waals surface area contributed by atoms with Crippen molar-refractivity contribution in [2.45, 2.75) is 31.7 Å². The Morgan fingerprint density at radius 3 is 2.44 bits per heavy atom. The first-order valence-corrected chi connectivity index (χ1v) is 12.2. The van der Waals surface area contributed by atoms with Crippen LogP contribution in [0.3, 0.4) is 0 Å². The number of amides is 2. The number of aryl methyl sites for hydroxylation is 1. The van der Waals surface area contributed by atoms with Crippen LogP contribution in [-0.2, 0) is 21.5 Å². The minimum Gasteiger partial charge on any atom is -0.454 e. The number of hydrogen-bond donors (Lipinski definition) is 2. The number of hydrogen-bond acceptors (Lipinski definition) is 5.